The molecule has 1 aliphatic rings. The van der Waals surface area contributed by atoms with E-state index in [2.05, 4.69) is 27.1 Å². The van der Waals surface area contributed by atoms with Crippen LogP contribution in [0.4, 0.5) is 5.95 Å². The van der Waals surface area contributed by atoms with E-state index in [9.17, 15) is 5.11 Å². The minimum absolute atomic E-state index is 0.0338. The highest BCUT2D eigenvalue weighted by Crippen LogP contribution is 2.36. The van der Waals surface area contributed by atoms with Gasteiger partial charge in [-0.1, -0.05) is 30.3 Å². The molecule has 0 aliphatic carbocycles. The van der Waals surface area contributed by atoms with Gasteiger partial charge in [0.1, 0.15) is 5.69 Å². The van der Waals surface area contributed by atoms with Crippen LogP contribution in [0.5, 0.6) is 0 Å². The van der Waals surface area contributed by atoms with Crippen LogP contribution in [-0.4, -0.2) is 37.5 Å². The summed E-state index contributed by atoms with van der Waals surface area (Å²) in [5.74, 6) is 0.527. The molecule has 134 valence electrons. The summed E-state index contributed by atoms with van der Waals surface area (Å²) in [6, 6.07) is 12.1. The fraction of sp³-hybridized carbons (Fsp3) is 0.350. The van der Waals surface area contributed by atoms with Crippen LogP contribution in [0.25, 0.3) is 22.5 Å². The van der Waals surface area contributed by atoms with Crippen LogP contribution in [0.3, 0.4) is 0 Å². The summed E-state index contributed by atoms with van der Waals surface area (Å²) in [6.07, 6.45) is 5.10. The molecule has 1 atom stereocenters. The van der Waals surface area contributed by atoms with Crippen LogP contribution in [0.2, 0.25) is 0 Å². The first-order valence-electron chi connectivity index (χ1n) is 9.12. The van der Waals surface area contributed by atoms with Crippen LogP contribution >= 0.6 is 0 Å². The van der Waals surface area contributed by atoms with E-state index in [0.717, 1.165) is 41.9 Å². The fourth-order valence-electron chi connectivity index (χ4n) is 3.39. The zero-order chi connectivity index (χ0) is 17.9. The van der Waals surface area contributed by atoms with Gasteiger partial charge in [-0.3, -0.25) is 4.68 Å². The highest BCUT2D eigenvalue weighted by Gasteiger charge is 2.23. The van der Waals surface area contributed by atoms with Crippen molar-refractivity contribution >= 4 is 5.95 Å². The third kappa shape index (κ3) is 3.20. The number of aryl methyl sites for hydroxylation is 1. The van der Waals surface area contributed by atoms with E-state index >= 15 is 0 Å². The average molecular weight is 349 g/mol. The molecule has 0 bridgehead atoms. The van der Waals surface area contributed by atoms with Crippen LogP contribution in [0.15, 0.2) is 42.6 Å². The van der Waals surface area contributed by atoms with Crippen molar-refractivity contribution < 1.29 is 5.11 Å². The van der Waals surface area contributed by atoms with Crippen molar-refractivity contribution in [3.63, 3.8) is 0 Å². The second-order valence-corrected chi connectivity index (χ2v) is 6.71. The Balaban J connectivity index is 1.83. The van der Waals surface area contributed by atoms with Gasteiger partial charge < -0.3 is 10.4 Å². The molecule has 2 aromatic heterocycles. The summed E-state index contributed by atoms with van der Waals surface area (Å²) in [4.78, 5) is 9.00. The summed E-state index contributed by atoms with van der Waals surface area (Å²) >= 11 is 0. The Morgan fingerprint density at radius 2 is 2.04 bits per heavy atom. The molecule has 0 radical (unpaired) electrons. The normalized spacial score (nSPS) is 14.7. The van der Waals surface area contributed by atoms with Gasteiger partial charge in [-0.05, 0) is 32.3 Å². The van der Waals surface area contributed by atoms with Crippen molar-refractivity contribution in [3.8, 4) is 22.5 Å². The van der Waals surface area contributed by atoms with E-state index in [1.54, 1.807) is 6.20 Å². The molecule has 1 aromatic carbocycles. The summed E-state index contributed by atoms with van der Waals surface area (Å²) in [5.41, 5.74) is 5.28. The zero-order valence-corrected chi connectivity index (χ0v) is 14.9. The molecule has 0 amide bonds. The van der Waals surface area contributed by atoms with Crippen molar-refractivity contribution in [1.82, 2.24) is 19.7 Å². The Bertz CT molecular complexity index is 890. The highest BCUT2D eigenvalue weighted by atomic mass is 16.3. The first kappa shape index (κ1) is 16.7. The smallest absolute Gasteiger partial charge is 0.223 e. The standard InChI is InChI=1S/C20H23N5O/c1-14(13-26)22-20-21-11-10-16(23-20)18-17-9-5-6-12-25(17)24-19(18)15-7-3-2-4-8-15/h2-4,7-8,10-11,14,26H,5-6,9,12-13H2,1H3,(H,21,22,23). The van der Waals surface area contributed by atoms with E-state index in [1.807, 2.05) is 31.2 Å². The number of aromatic nitrogens is 4. The molecule has 1 aliphatic heterocycles. The number of anilines is 1. The van der Waals surface area contributed by atoms with Crippen molar-refractivity contribution in [2.45, 2.75) is 38.8 Å². The Kier molecular flexibility index (Phi) is 4.67. The number of rotatable bonds is 5. The fourth-order valence-corrected chi connectivity index (χ4v) is 3.39. The summed E-state index contributed by atoms with van der Waals surface area (Å²) < 4.78 is 2.13. The van der Waals surface area contributed by atoms with Gasteiger partial charge in [0, 0.05) is 35.6 Å². The first-order valence-corrected chi connectivity index (χ1v) is 9.12. The molecule has 3 heterocycles. The maximum atomic E-state index is 9.27. The maximum Gasteiger partial charge on any atom is 0.223 e. The summed E-state index contributed by atoms with van der Waals surface area (Å²) in [6.45, 7) is 2.88. The van der Waals surface area contributed by atoms with E-state index in [0.29, 0.717) is 5.95 Å². The molecule has 0 fully saturated rings. The molecule has 0 spiro atoms. The predicted octanol–water partition coefficient (Wildman–Crippen LogP) is 3.14. The van der Waals surface area contributed by atoms with Gasteiger partial charge in [-0.2, -0.15) is 5.10 Å². The lowest BCUT2D eigenvalue weighted by Gasteiger charge is -2.15. The summed E-state index contributed by atoms with van der Waals surface area (Å²) in [5, 5.41) is 17.3. The van der Waals surface area contributed by atoms with Gasteiger partial charge in [-0.15, -0.1) is 0 Å². The van der Waals surface area contributed by atoms with E-state index in [4.69, 9.17) is 10.1 Å². The van der Waals surface area contributed by atoms with Crippen LogP contribution in [-0.2, 0) is 13.0 Å². The number of aliphatic hydroxyl groups excluding tert-OH is 1. The first-order chi connectivity index (χ1) is 12.8. The minimum Gasteiger partial charge on any atom is -0.394 e. The van der Waals surface area contributed by atoms with Gasteiger partial charge in [0.05, 0.1) is 12.3 Å². The third-order valence-electron chi connectivity index (χ3n) is 4.70. The predicted molar refractivity (Wildman–Crippen MR) is 102 cm³/mol. The molecular weight excluding hydrogens is 326 g/mol. The highest BCUT2D eigenvalue weighted by molar-refractivity contribution is 5.81. The number of aliphatic hydroxyl groups is 1. The van der Waals surface area contributed by atoms with Gasteiger partial charge >= 0.3 is 0 Å². The number of nitrogens with zero attached hydrogens (tertiary/aromatic N) is 4. The maximum absolute atomic E-state index is 9.27. The minimum atomic E-state index is -0.0973. The van der Waals surface area contributed by atoms with Gasteiger partial charge in [0.25, 0.3) is 0 Å². The Morgan fingerprint density at radius 1 is 1.19 bits per heavy atom. The monoisotopic (exact) mass is 349 g/mol. The SMILES string of the molecule is CC(CO)Nc1nccc(-c2c(-c3ccccc3)nn3c2CCCC3)n1. The van der Waals surface area contributed by atoms with Crippen molar-refractivity contribution in [2.75, 3.05) is 11.9 Å². The zero-order valence-electron chi connectivity index (χ0n) is 14.9. The van der Waals surface area contributed by atoms with E-state index in [-0.39, 0.29) is 12.6 Å². The molecular formula is C20H23N5O. The molecule has 1 unspecified atom stereocenters. The van der Waals surface area contributed by atoms with Gasteiger partial charge in [0.15, 0.2) is 0 Å². The van der Waals surface area contributed by atoms with Crippen LogP contribution < -0.4 is 5.32 Å². The Labute approximate surface area is 152 Å². The van der Waals surface area contributed by atoms with Crippen LogP contribution in [0, 0.1) is 0 Å². The topological polar surface area (TPSA) is 75.9 Å². The molecule has 0 saturated carbocycles. The number of hydrogen-bond donors (Lipinski definition) is 2. The molecule has 2 N–H and O–H groups in total. The number of hydrogen-bond acceptors (Lipinski definition) is 5. The summed E-state index contributed by atoms with van der Waals surface area (Å²) in [7, 11) is 0. The molecule has 4 rings (SSSR count). The largest absolute Gasteiger partial charge is 0.394 e. The lowest BCUT2D eigenvalue weighted by molar-refractivity contribution is 0.281. The Morgan fingerprint density at radius 3 is 2.85 bits per heavy atom. The van der Waals surface area contributed by atoms with Gasteiger partial charge in [-0.25, -0.2) is 9.97 Å². The van der Waals surface area contributed by atoms with E-state index in [1.165, 1.54) is 12.1 Å². The average Bonchev–Trinajstić information content (AvgIpc) is 3.08. The van der Waals surface area contributed by atoms with Crippen molar-refractivity contribution in [2.24, 2.45) is 0 Å². The molecule has 6 nitrogen and oxygen atoms in total. The second-order valence-electron chi connectivity index (χ2n) is 6.71. The quantitative estimate of drug-likeness (QED) is 0.740. The lowest BCUT2D eigenvalue weighted by Crippen LogP contribution is -2.20. The molecule has 26 heavy (non-hydrogen) atoms. The van der Waals surface area contributed by atoms with Crippen molar-refractivity contribution in [1.29, 1.82) is 0 Å². The number of benzene rings is 1. The molecule has 0 saturated heterocycles. The van der Waals surface area contributed by atoms with E-state index < -0.39 is 0 Å². The van der Waals surface area contributed by atoms with Crippen molar-refractivity contribution in [3.05, 3.63) is 48.3 Å². The number of nitrogens with one attached hydrogen (secondary N) is 1. The molecule has 3 aromatic rings. The molecule has 6 heteroatoms. The third-order valence-corrected chi connectivity index (χ3v) is 4.70. The Hall–Kier alpha value is -2.73. The van der Waals surface area contributed by atoms with Crippen LogP contribution in [0.1, 0.15) is 25.5 Å². The van der Waals surface area contributed by atoms with Gasteiger partial charge in [0.2, 0.25) is 5.95 Å². The number of fused-ring (bicyclic) bond motifs is 1. The second kappa shape index (κ2) is 7.25. The lowest BCUT2D eigenvalue weighted by atomic mass is 9.99.